The van der Waals surface area contributed by atoms with Crippen molar-refractivity contribution in [1.82, 2.24) is 25.4 Å². The highest BCUT2D eigenvalue weighted by atomic mass is 32.2. The lowest BCUT2D eigenvalue weighted by atomic mass is 10.3. The molecule has 0 radical (unpaired) electrons. The minimum Gasteiger partial charge on any atom is -0.354 e. The first-order valence-corrected chi connectivity index (χ1v) is 8.75. The van der Waals surface area contributed by atoms with Gasteiger partial charge in [0, 0.05) is 12.2 Å². The molecule has 1 aromatic carbocycles. The van der Waals surface area contributed by atoms with Crippen molar-refractivity contribution in [2.45, 2.75) is 31.5 Å². The van der Waals surface area contributed by atoms with Crippen molar-refractivity contribution in [3.05, 3.63) is 36.7 Å². The Bertz CT molecular complexity index is 674. The van der Waals surface area contributed by atoms with E-state index in [2.05, 4.69) is 20.8 Å². The van der Waals surface area contributed by atoms with Gasteiger partial charge in [0.2, 0.25) is 11.8 Å². The maximum absolute atomic E-state index is 12.0. The van der Waals surface area contributed by atoms with Crippen molar-refractivity contribution in [3.63, 3.8) is 0 Å². The number of carbonyl (C=O) groups excluding carboxylic acids is 2. The summed E-state index contributed by atoms with van der Waals surface area (Å²) in [5, 5.41) is 14.0. The predicted molar refractivity (Wildman–Crippen MR) is 93.0 cm³/mol. The molecule has 1 aromatic heterocycles. The van der Waals surface area contributed by atoms with E-state index in [1.165, 1.54) is 11.8 Å². The molecule has 0 aliphatic heterocycles. The zero-order valence-corrected chi connectivity index (χ0v) is 14.5. The summed E-state index contributed by atoms with van der Waals surface area (Å²) in [7, 11) is 0. The number of rotatable bonds is 8. The second-order valence-corrected chi connectivity index (χ2v) is 6.13. The molecule has 128 valence electrons. The summed E-state index contributed by atoms with van der Waals surface area (Å²) in [5.41, 5.74) is 0.928. The van der Waals surface area contributed by atoms with Crippen molar-refractivity contribution >= 4 is 23.6 Å². The van der Waals surface area contributed by atoms with Crippen molar-refractivity contribution in [3.8, 4) is 5.69 Å². The van der Waals surface area contributed by atoms with Gasteiger partial charge in [-0.25, -0.2) is 0 Å². The van der Waals surface area contributed by atoms with Crippen molar-refractivity contribution < 1.29 is 9.59 Å². The lowest BCUT2D eigenvalue weighted by Crippen LogP contribution is -2.45. The molecule has 24 heavy (non-hydrogen) atoms. The third-order valence-corrected chi connectivity index (χ3v) is 4.15. The van der Waals surface area contributed by atoms with Gasteiger partial charge in [0.05, 0.1) is 5.75 Å². The van der Waals surface area contributed by atoms with E-state index in [0.29, 0.717) is 11.7 Å². The largest absolute Gasteiger partial charge is 0.354 e. The number of aromatic nitrogens is 3. The fraction of sp³-hybridized carbons (Fsp3) is 0.375. The molecule has 0 fully saturated rings. The molecule has 2 rings (SSSR count). The Morgan fingerprint density at radius 1 is 1.29 bits per heavy atom. The smallest absolute Gasteiger partial charge is 0.242 e. The molecular formula is C16H21N5O2S. The standard InChI is InChI=1S/C16H21N5O2S/c1-3-9-17-15(23)12(2)19-14(22)10-24-16-20-18-11-21(16)13-7-5-4-6-8-13/h4-8,11-12H,3,9-10H2,1-2H3,(H,17,23)(H,19,22)/t12-/m0/s1. The van der Waals surface area contributed by atoms with E-state index < -0.39 is 6.04 Å². The summed E-state index contributed by atoms with van der Waals surface area (Å²) in [6.07, 6.45) is 2.47. The molecule has 0 aliphatic carbocycles. The van der Waals surface area contributed by atoms with Gasteiger partial charge in [-0.3, -0.25) is 14.2 Å². The van der Waals surface area contributed by atoms with Crippen LogP contribution in [-0.2, 0) is 9.59 Å². The summed E-state index contributed by atoms with van der Waals surface area (Å²) in [6.45, 7) is 4.25. The van der Waals surface area contributed by atoms with Crippen LogP contribution < -0.4 is 10.6 Å². The number of benzene rings is 1. The van der Waals surface area contributed by atoms with Crippen molar-refractivity contribution in [2.75, 3.05) is 12.3 Å². The van der Waals surface area contributed by atoms with Gasteiger partial charge in [-0.05, 0) is 25.5 Å². The minimum absolute atomic E-state index is 0.164. The van der Waals surface area contributed by atoms with Crippen LogP contribution >= 0.6 is 11.8 Å². The van der Waals surface area contributed by atoms with Gasteiger partial charge in [0.15, 0.2) is 5.16 Å². The van der Waals surface area contributed by atoms with E-state index in [1.54, 1.807) is 13.3 Å². The minimum atomic E-state index is -0.559. The quantitative estimate of drug-likeness (QED) is 0.705. The summed E-state index contributed by atoms with van der Waals surface area (Å²) in [5.74, 6) is -0.235. The number of hydrogen-bond donors (Lipinski definition) is 2. The topological polar surface area (TPSA) is 88.9 Å². The lowest BCUT2D eigenvalue weighted by Gasteiger charge is -2.13. The molecule has 0 saturated heterocycles. The number of thioether (sulfide) groups is 1. The molecule has 2 aromatic rings. The highest BCUT2D eigenvalue weighted by Crippen LogP contribution is 2.18. The van der Waals surface area contributed by atoms with E-state index in [0.717, 1.165) is 12.1 Å². The van der Waals surface area contributed by atoms with Gasteiger partial charge in [-0.2, -0.15) is 0 Å². The van der Waals surface area contributed by atoms with Gasteiger partial charge in [-0.15, -0.1) is 10.2 Å². The molecule has 2 amide bonds. The number of carbonyl (C=O) groups is 2. The molecule has 8 heteroatoms. The second-order valence-electron chi connectivity index (χ2n) is 5.19. The molecule has 2 N–H and O–H groups in total. The molecule has 0 spiro atoms. The maximum atomic E-state index is 12.0. The number of nitrogens with zero attached hydrogens (tertiary/aromatic N) is 3. The Morgan fingerprint density at radius 3 is 2.75 bits per heavy atom. The maximum Gasteiger partial charge on any atom is 0.242 e. The highest BCUT2D eigenvalue weighted by molar-refractivity contribution is 7.99. The lowest BCUT2D eigenvalue weighted by molar-refractivity contribution is -0.127. The number of hydrogen-bond acceptors (Lipinski definition) is 5. The van der Waals surface area contributed by atoms with Crippen LogP contribution in [0.1, 0.15) is 20.3 Å². The van der Waals surface area contributed by atoms with Crippen LogP contribution in [0.15, 0.2) is 41.8 Å². The van der Waals surface area contributed by atoms with Gasteiger partial charge < -0.3 is 10.6 Å². The van der Waals surface area contributed by atoms with Crippen LogP contribution in [-0.4, -0.2) is 44.9 Å². The first kappa shape index (κ1) is 18.0. The van der Waals surface area contributed by atoms with Gasteiger partial charge in [-0.1, -0.05) is 36.9 Å². The van der Waals surface area contributed by atoms with Crippen LogP contribution in [0.2, 0.25) is 0 Å². The number of amides is 2. The fourth-order valence-electron chi connectivity index (χ4n) is 1.97. The van der Waals surface area contributed by atoms with Gasteiger partial charge >= 0.3 is 0 Å². The third kappa shape index (κ3) is 5.09. The number of nitrogens with one attached hydrogen (secondary N) is 2. The zero-order chi connectivity index (χ0) is 17.4. The average molecular weight is 347 g/mol. The molecule has 0 aliphatic rings. The van der Waals surface area contributed by atoms with Crippen LogP contribution in [0.3, 0.4) is 0 Å². The third-order valence-electron chi connectivity index (χ3n) is 3.20. The van der Waals surface area contributed by atoms with Crippen molar-refractivity contribution in [1.29, 1.82) is 0 Å². The van der Waals surface area contributed by atoms with Crippen LogP contribution in [0.25, 0.3) is 5.69 Å². The molecule has 0 bridgehead atoms. The predicted octanol–water partition coefficient (Wildman–Crippen LogP) is 1.39. The molecule has 1 heterocycles. The SMILES string of the molecule is CCCNC(=O)[C@H](C)NC(=O)CSc1nncn1-c1ccccc1. The van der Waals surface area contributed by atoms with Gasteiger partial charge in [0.25, 0.3) is 0 Å². The summed E-state index contributed by atoms with van der Waals surface area (Å²) >= 11 is 1.27. The van der Waals surface area contributed by atoms with Crippen molar-refractivity contribution in [2.24, 2.45) is 0 Å². The van der Waals surface area contributed by atoms with Crippen LogP contribution in [0, 0.1) is 0 Å². The van der Waals surface area contributed by atoms with E-state index >= 15 is 0 Å². The Morgan fingerprint density at radius 2 is 2.04 bits per heavy atom. The number of para-hydroxylation sites is 1. The first-order chi connectivity index (χ1) is 11.6. The Kier molecular flexibility index (Phi) is 6.80. The molecule has 0 saturated carbocycles. The normalized spacial score (nSPS) is 11.8. The first-order valence-electron chi connectivity index (χ1n) is 7.77. The fourth-order valence-corrected chi connectivity index (χ4v) is 2.71. The summed E-state index contributed by atoms with van der Waals surface area (Å²) in [6, 6.07) is 9.09. The Labute approximate surface area is 145 Å². The van der Waals surface area contributed by atoms with Crippen LogP contribution in [0.4, 0.5) is 0 Å². The second kappa shape index (κ2) is 9.07. The molecule has 1 atom stereocenters. The molecule has 0 unspecified atom stereocenters. The Balaban J connectivity index is 1.87. The summed E-state index contributed by atoms with van der Waals surface area (Å²) < 4.78 is 1.81. The van der Waals surface area contributed by atoms with E-state index in [-0.39, 0.29) is 17.6 Å². The monoisotopic (exact) mass is 347 g/mol. The van der Waals surface area contributed by atoms with Gasteiger partial charge in [0.1, 0.15) is 12.4 Å². The zero-order valence-electron chi connectivity index (χ0n) is 13.7. The summed E-state index contributed by atoms with van der Waals surface area (Å²) in [4.78, 5) is 23.8. The Hall–Kier alpha value is -2.35. The molecular weight excluding hydrogens is 326 g/mol. The molecule has 7 nitrogen and oxygen atoms in total. The highest BCUT2D eigenvalue weighted by Gasteiger charge is 2.16. The van der Waals surface area contributed by atoms with E-state index in [1.807, 2.05) is 41.8 Å². The van der Waals surface area contributed by atoms with E-state index in [9.17, 15) is 9.59 Å². The van der Waals surface area contributed by atoms with E-state index in [4.69, 9.17) is 0 Å². The average Bonchev–Trinajstić information content (AvgIpc) is 3.07. The van der Waals surface area contributed by atoms with Crippen LogP contribution in [0.5, 0.6) is 0 Å².